The van der Waals surface area contributed by atoms with Gasteiger partial charge in [0, 0.05) is 0 Å². The van der Waals surface area contributed by atoms with Gasteiger partial charge in [-0.1, -0.05) is 17.3 Å². The number of nitrogens with one attached hydrogen (secondary N) is 1. The Balaban J connectivity index is 1.93. The Morgan fingerprint density at radius 3 is 3.00 bits per heavy atom. The molecule has 2 rings (SSSR count). The summed E-state index contributed by atoms with van der Waals surface area (Å²) in [6.07, 6.45) is 4.74. The molecule has 5 nitrogen and oxygen atoms in total. The van der Waals surface area contributed by atoms with Crippen LogP contribution in [0.25, 0.3) is 0 Å². The van der Waals surface area contributed by atoms with Gasteiger partial charge in [0.2, 0.25) is 0 Å². The highest BCUT2D eigenvalue weighted by atomic mass is 32.1. The van der Waals surface area contributed by atoms with E-state index in [1.165, 1.54) is 6.20 Å². The quantitative estimate of drug-likeness (QED) is 0.774. The molecule has 0 saturated heterocycles. The predicted octanol–water partition coefficient (Wildman–Crippen LogP) is 0.571. The number of rotatable bonds is 2. The lowest BCUT2D eigenvalue weighted by Gasteiger charge is -2.27. The molecule has 1 aromatic rings. The topological polar surface area (TPSA) is 75.1 Å². The molecule has 2 atom stereocenters. The van der Waals surface area contributed by atoms with Gasteiger partial charge in [-0.2, -0.15) is 0 Å². The second-order valence-corrected chi connectivity index (χ2v) is 4.50. The molecular formula is C9H13N3O2S. The number of carbonyl (C=O) groups is 1. The maximum atomic E-state index is 11.6. The average molecular weight is 227 g/mol. The van der Waals surface area contributed by atoms with Crippen LogP contribution in [0.3, 0.4) is 0 Å². The maximum Gasteiger partial charge on any atom is 0.264 e. The van der Waals surface area contributed by atoms with Gasteiger partial charge < -0.3 is 10.4 Å². The molecule has 6 heteroatoms. The Morgan fingerprint density at radius 1 is 1.53 bits per heavy atom. The molecule has 1 heterocycles. The first-order valence-electron chi connectivity index (χ1n) is 5.03. The van der Waals surface area contributed by atoms with Crippen LogP contribution in [-0.2, 0) is 0 Å². The van der Waals surface area contributed by atoms with Crippen molar-refractivity contribution in [3.05, 3.63) is 11.1 Å². The average Bonchev–Trinajstić information content (AvgIpc) is 2.74. The zero-order valence-electron chi connectivity index (χ0n) is 8.22. The summed E-state index contributed by atoms with van der Waals surface area (Å²) < 4.78 is 3.62. The number of amides is 1. The van der Waals surface area contributed by atoms with Crippen molar-refractivity contribution in [1.82, 2.24) is 14.9 Å². The molecule has 1 aromatic heterocycles. The summed E-state index contributed by atoms with van der Waals surface area (Å²) in [7, 11) is 0. The molecule has 2 unspecified atom stereocenters. The van der Waals surface area contributed by atoms with E-state index in [-0.39, 0.29) is 11.9 Å². The fraction of sp³-hybridized carbons (Fsp3) is 0.667. The zero-order valence-corrected chi connectivity index (χ0v) is 9.04. The van der Waals surface area contributed by atoms with E-state index >= 15 is 0 Å². The Morgan fingerprint density at radius 2 is 2.33 bits per heavy atom. The molecule has 1 amide bonds. The van der Waals surface area contributed by atoms with E-state index in [1.54, 1.807) is 0 Å². The number of aliphatic hydroxyl groups excluding tert-OH is 1. The van der Waals surface area contributed by atoms with Crippen molar-refractivity contribution < 1.29 is 9.90 Å². The summed E-state index contributed by atoms with van der Waals surface area (Å²) in [5.41, 5.74) is 0. The van der Waals surface area contributed by atoms with Crippen molar-refractivity contribution >= 4 is 17.4 Å². The van der Waals surface area contributed by atoms with Crippen molar-refractivity contribution in [2.75, 3.05) is 0 Å². The van der Waals surface area contributed by atoms with Crippen LogP contribution in [0.2, 0.25) is 0 Å². The smallest absolute Gasteiger partial charge is 0.264 e. The van der Waals surface area contributed by atoms with Gasteiger partial charge in [0.25, 0.3) is 5.91 Å². The van der Waals surface area contributed by atoms with Gasteiger partial charge in [-0.3, -0.25) is 4.79 Å². The maximum absolute atomic E-state index is 11.6. The molecule has 2 N–H and O–H groups in total. The molecule has 1 fully saturated rings. The van der Waals surface area contributed by atoms with E-state index in [0.29, 0.717) is 4.88 Å². The molecule has 15 heavy (non-hydrogen) atoms. The van der Waals surface area contributed by atoms with Crippen molar-refractivity contribution in [2.45, 2.75) is 37.8 Å². The van der Waals surface area contributed by atoms with E-state index in [0.717, 1.165) is 37.2 Å². The van der Waals surface area contributed by atoms with E-state index in [9.17, 15) is 9.90 Å². The number of carbonyl (C=O) groups excluding carboxylic acids is 1. The van der Waals surface area contributed by atoms with Crippen LogP contribution >= 0.6 is 11.5 Å². The van der Waals surface area contributed by atoms with Crippen LogP contribution in [0.5, 0.6) is 0 Å². The van der Waals surface area contributed by atoms with Gasteiger partial charge >= 0.3 is 0 Å². The Hall–Kier alpha value is -1.01. The molecule has 1 saturated carbocycles. The fourth-order valence-electron chi connectivity index (χ4n) is 1.79. The molecule has 1 aliphatic carbocycles. The van der Waals surface area contributed by atoms with Crippen molar-refractivity contribution in [3.8, 4) is 0 Å². The van der Waals surface area contributed by atoms with Gasteiger partial charge in [-0.25, -0.2) is 0 Å². The van der Waals surface area contributed by atoms with Crippen molar-refractivity contribution in [3.63, 3.8) is 0 Å². The third-order valence-electron chi connectivity index (χ3n) is 2.63. The van der Waals surface area contributed by atoms with Gasteiger partial charge in [0.1, 0.15) is 4.88 Å². The normalized spacial score (nSPS) is 26.2. The molecule has 0 spiro atoms. The number of hydrogen-bond donors (Lipinski definition) is 2. The van der Waals surface area contributed by atoms with Crippen LogP contribution in [-0.4, -0.2) is 32.7 Å². The van der Waals surface area contributed by atoms with Gasteiger partial charge in [0.05, 0.1) is 18.3 Å². The summed E-state index contributed by atoms with van der Waals surface area (Å²) >= 11 is 1.07. The summed E-state index contributed by atoms with van der Waals surface area (Å²) in [5, 5.41) is 16.1. The standard InChI is InChI=1S/C9H13N3O2S/c13-7-4-2-1-3-6(7)11-9(14)8-5-10-12-15-8/h5-7,13H,1-4H2,(H,11,14). The lowest BCUT2D eigenvalue weighted by atomic mass is 9.92. The minimum atomic E-state index is -0.413. The number of hydrogen-bond acceptors (Lipinski definition) is 5. The Labute approximate surface area is 91.7 Å². The van der Waals surface area contributed by atoms with E-state index < -0.39 is 6.10 Å². The van der Waals surface area contributed by atoms with Gasteiger partial charge in [-0.15, -0.1) is 5.10 Å². The molecule has 0 aliphatic heterocycles. The first kappa shape index (κ1) is 10.5. The van der Waals surface area contributed by atoms with Crippen LogP contribution in [0, 0.1) is 0 Å². The second-order valence-electron chi connectivity index (χ2n) is 3.71. The second kappa shape index (κ2) is 4.67. The summed E-state index contributed by atoms with van der Waals surface area (Å²) in [5.74, 6) is -0.184. The molecule has 0 aromatic carbocycles. The monoisotopic (exact) mass is 227 g/mol. The molecule has 82 valence electrons. The van der Waals surface area contributed by atoms with Crippen LogP contribution in [0.4, 0.5) is 0 Å². The van der Waals surface area contributed by atoms with Crippen molar-refractivity contribution in [2.24, 2.45) is 0 Å². The molecular weight excluding hydrogens is 214 g/mol. The first-order valence-corrected chi connectivity index (χ1v) is 5.81. The van der Waals surface area contributed by atoms with E-state index in [4.69, 9.17) is 0 Å². The van der Waals surface area contributed by atoms with Crippen LogP contribution in [0.1, 0.15) is 35.4 Å². The van der Waals surface area contributed by atoms with E-state index in [1.807, 2.05) is 0 Å². The third kappa shape index (κ3) is 2.51. The zero-order chi connectivity index (χ0) is 10.7. The highest BCUT2D eigenvalue weighted by molar-refractivity contribution is 7.07. The molecule has 0 bridgehead atoms. The molecule has 0 radical (unpaired) electrons. The third-order valence-corrected chi connectivity index (χ3v) is 3.29. The summed E-state index contributed by atoms with van der Waals surface area (Å²) in [4.78, 5) is 12.1. The van der Waals surface area contributed by atoms with Crippen LogP contribution in [0.15, 0.2) is 6.20 Å². The van der Waals surface area contributed by atoms with Gasteiger partial charge in [-0.05, 0) is 24.4 Å². The van der Waals surface area contributed by atoms with Gasteiger partial charge in [0.15, 0.2) is 0 Å². The Bertz CT molecular complexity index is 328. The number of aliphatic hydroxyl groups is 1. The summed E-state index contributed by atoms with van der Waals surface area (Å²) in [6, 6.07) is -0.117. The van der Waals surface area contributed by atoms with Crippen molar-refractivity contribution in [1.29, 1.82) is 0 Å². The highest BCUT2D eigenvalue weighted by Crippen LogP contribution is 2.18. The highest BCUT2D eigenvalue weighted by Gasteiger charge is 2.25. The minimum absolute atomic E-state index is 0.117. The van der Waals surface area contributed by atoms with E-state index in [2.05, 4.69) is 14.9 Å². The molecule has 1 aliphatic rings. The first-order chi connectivity index (χ1) is 7.27. The lowest BCUT2D eigenvalue weighted by Crippen LogP contribution is -2.44. The largest absolute Gasteiger partial charge is 0.391 e. The van der Waals surface area contributed by atoms with Crippen LogP contribution < -0.4 is 5.32 Å². The SMILES string of the molecule is O=C(NC1CCCCC1O)c1cnns1. The fourth-order valence-corrected chi connectivity index (χ4v) is 2.20. The minimum Gasteiger partial charge on any atom is -0.391 e. The Kier molecular flexibility index (Phi) is 3.27. The number of nitrogens with zero attached hydrogens (tertiary/aromatic N) is 2. The number of aromatic nitrogens is 2. The lowest BCUT2D eigenvalue weighted by molar-refractivity contribution is 0.0720. The predicted molar refractivity (Wildman–Crippen MR) is 55.6 cm³/mol. The summed E-state index contributed by atoms with van der Waals surface area (Å²) in [6.45, 7) is 0.